The SMILES string of the molecule is CCCCc1nnc(NS(=O)(=O)N(C)C)s1. The van der Waals surface area contributed by atoms with Gasteiger partial charge in [0.2, 0.25) is 5.13 Å². The van der Waals surface area contributed by atoms with Gasteiger partial charge in [0.1, 0.15) is 5.01 Å². The number of rotatable bonds is 6. The molecule has 0 aliphatic carbocycles. The van der Waals surface area contributed by atoms with Crippen LogP contribution in [-0.2, 0) is 16.6 Å². The lowest BCUT2D eigenvalue weighted by Gasteiger charge is -2.10. The van der Waals surface area contributed by atoms with Crippen LogP contribution in [0.25, 0.3) is 0 Å². The molecule has 0 aromatic carbocycles. The highest BCUT2D eigenvalue weighted by Gasteiger charge is 2.15. The van der Waals surface area contributed by atoms with Crippen LogP contribution in [-0.4, -0.2) is 37.0 Å². The number of hydrogen-bond acceptors (Lipinski definition) is 5. The summed E-state index contributed by atoms with van der Waals surface area (Å²) in [6.45, 7) is 2.09. The zero-order valence-corrected chi connectivity index (χ0v) is 11.2. The molecule has 0 fully saturated rings. The Morgan fingerprint density at radius 3 is 2.62 bits per heavy atom. The van der Waals surface area contributed by atoms with Crippen molar-refractivity contribution in [3.63, 3.8) is 0 Å². The van der Waals surface area contributed by atoms with E-state index in [2.05, 4.69) is 21.8 Å². The second-order valence-electron chi connectivity index (χ2n) is 3.49. The number of nitrogens with one attached hydrogen (secondary N) is 1. The normalized spacial score (nSPS) is 12.0. The summed E-state index contributed by atoms with van der Waals surface area (Å²) in [6, 6.07) is 0. The van der Waals surface area contributed by atoms with Crippen molar-refractivity contribution >= 4 is 26.7 Å². The maximum atomic E-state index is 11.5. The van der Waals surface area contributed by atoms with Crippen molar-refractivity contribution in [2.75, 3.05) is 18.8 Å². The van der Waals surface area contributed by atoms with Crippen molar-refractivity contribution in [2.45, 2.75) is 26.2 Å². The van der Waals surface area contributed by atoms with E-state index in [4.69, 9.17) is 0 Å². The quantitative estimate of drug-likeness (QED) is 0.835. The molecule has 0 saturated carbocycles. The Kier molecular flexibility index (Phi) is 4.63. The lowest BCUT2D eigenvalue weighted by atomic mass is 10.3. The summed E-state index contributed by atoms with van der Waals surface area (Å²) in [5.41, 5.74) is 0. The van der Waals surface area contributed by atoms with Gasteiger partial charge in [-0.2, -0.15) is 12.7 Å². The van der Waals surface area contributed by atoms with Gasteiger partial charge in [0.05, 0.1) is 0 Å². The molecule has 1 aromatic heterocycles. The summed E-state index contributed by atoms with van der Waals surface area (Å²) in [5.74, 6) is 0. The first-order valence-corrected chi connectivity index (χ1v) is 7.24. The van der Waals surface area contributed by atoms with E-state index in [1.54, 1.807) is 0 Å². The minimum atomic E-state index is -3.47. The molecule has 1 rings (SSSR count). The van der Waals surface area contributed by atoms with Gasteiger partial charge in [-0.3, -0.25) is 0 Å². The lowest BCUT2D eigenvalue weighted by Crippen LogP contribution is -2.28. The summed E-state index contributed by atoms with van der Waals surface area (Å²) in [4.78, 5) is 0. The molecule has 16 heavy (non-hydrogen) atoms. The molecule has 0 radical (unpaired) electrons. The number of aryl methyl sites for hydroxylation is 1. The third-order valence-electron chi connectivity index (χ3n) is 1.91. The van der Waals surface area contributed by atoms with E-state index in [9.17, 15) is 8.42 Å². The fraction of sp³-hybridized carbons (Fsp3) is 0.750. The highest BCUT2D eigenvalue weighted by molar-refractivity contribution is 7.90. The molecule has 6 nitrogen and oxygen atoms in total. The number of anilines is 1. The third kappa shape index (κ3) is 3.69. The molecule has 1 N–H and O–H groups in total. The standard InChI is InChI=1S/C8H16N4O2S2/c1-4-5-6-7-9-10-8(15-7)11-16(13,14)12(2)3/h4-6H2,1-3H3,(H,10,11). The summed E-state index contributed by atoms with van der Waals surface area (Å²) < 4.78 is 26.4. The maximum Gasteiger partial charge on any atom is 0.302 e. The van der Waals surface area contributed by atoms with Gasteiger partial charge in [0, 0.05) is 20.5 Å². The molecule has 0 spiro atoms. The summed E-state index contributed by atoms with van der Waals surface area (Å²) in [7, 11) is -0.548. The molecular weight excluding hydrogens is 248 g/mol. The van der Waals surface area contributed by atoms with Crippen LogP contribution in [0.5, 0.6) is 0 Å². The van der Waals surface area contributed by atoms with Crippen molar-refractivity contribution in [3.8, 4) is 0 Å². The molecule has 0 unspecified atom stereocenters. The third-order valence-corrected chi connectivity index (χ3v) is 4.35. The Bertz CT molecular complexity index is 427. The molecule has 0 atom stereocenters. The number of hydrogen-bond donors (Lipinski definition) is 1. The molecule has 0 bridgehead atoms. The lowest BCUT2D eigenvalue weighted by molar-refractivity contribution is 0.526. The van der Waals surface area contributed by atoms with Gasteiger partial charge < -0.3 is 0 Å². The predicted octanol–water partition coefficient (Wildman–Crippen LogP) is 1.10. The summed E-state index contributed by atoms with van der Waals surface area (Å²) in [6.07, 6.45) is 2.96. The molecule has 92 valence electrons. The topological polar surface area (TPSA) is 75.2 Å². The van der Waals surface area contributed by atoms with Crippen LogP contribution in [0.4, 0.5) is 5.13 Å². The zero-order valence-electron chi connectivity index (χ0n) is 9.60. The van der Waals surface area contributed by atoms with Crippen molar-refractivity contribution in [2.24, 2.45) is 0 Å². The first-order valence-electron chi connectivity index (χ1n) is 4.98. The predicted molar refractivity (Wildman–Crippen MR) is 64.8 cm³/mol. The molecule has 0 aliphatic heterocycles. The largest absolute Gasteiger partial charge is 0.302 e. The van der Waals surface area contributed by atoms with Gasteiger partial charge in [0.15, 0.2) is 0 Å². The van der Waals surface area contributed by atoms with E-state index in [1.807, 2.05) is 0 Å². The zero-order chi connectivity index (χ0) is 12.2. The molecule has 0 aliphatic rings. The summed E-state index contributed by atoms with van der Waals surface area (Å²) in [5, 5.41) is 8.89. The van der Waals surface area contributed by atoms with Crippen LogP contribution in [0, 0.1) is 0 Å². The minimum absolute atomic E-state index is 0.319. The van der Waals surface area contributed by atoms with Crippen LogP contribution in [0.15, 0.2) is 0 Å². The van der Waals surface area contributed by atoms with E-state index in [1.165, 1.54) is 25.4 Å². The van der Waals surface area contributed by atoms with Crippen LogP contribution >= 0.6 is 11.3 Å². The molecular formula is C8H16N4O2S2. The first-order chi connectivity index (χ1) is 7.45. The van der Waals surface area contributed by atoms with Crippen LogP contribution in [0.2, 0.25) is 0 Å². The fourth-order valence-corrected chi connectivity index (χ4v) is 2.49. The van der Waals surface area contributed by atoms with Crippen LogP contribution < -0.4 is 4.72 Å². The number of unbranched alkanes of at least 4 members (excludes halogenated alkanes) is 1. The van der Waals surface area contributed by atoms with E-state index < -0.39 is 10.2 Å². The highest BCUT2D eigenvalue weighted by Crippen LogP contribution is 2.18. The fourth-order valence-electron chi connectivity index (χ4n) is 0.925. The van der Waals surface area contributed by atoms with Crippen LogP contribution in [0.1, 0.15) is 24.8 Å². The molecule has 0 saturated heterocycles. The van der Waals surface area contributed by atoms with Crippen molar-refractivity contribution < 1.29 is 8.42 Å². The van der Waals surface area contributed by atoms with Gasteiger partial charge in [0.25, 0.3) is 0 Å². The van der Waals surface area contributed by atoms with Gasteiger partial charge in [-0.05, 0) is 6.42 Å². The first kappa shape index (κ1) is 13.3. The number of aromatic nitrogens is 2. The van der Waals surface area contributed by atoms with Crippen molar-refractivity contribution in [1.82, 2.24) is 14.5 Å². The van der Waals surface area contributed by atoms with Gasteiger partial charge in [-0.25, -0.2) is 4.72 Å². The molecule has 1 aromatic rings. The minimum Gasteiger partial charge on any atom is -0.244 e. The second kappa shape index (κ2) is 5.55. The average molecular weight is 264 g/mol. The second-order valence-corrected chi connectivity index (χ2v) is 6.44. The van der Waals surface area contributed by atoms with E-state index in [0.29, 0.717) is 5.13 Å². The summed E-state index contributed by atoms with van der Waals surface area (Å²) >= 11 is 1.28. The molecule has 0 amide bonds. The Hall–Kier alpha value is -0.730. The van der Waals surface area contributed by atoms with E-state index in [-0.39, 0.29) is 0 Å². The van der Waals surface area contributed by atoms with Gasteiger partial charge in [-0.1, -0.05) is 24.7 Å². The van der Waals surface area contributed by atoms with Crippen molar-refractivity contribution in [1.29, 1.82) is 0 Å². The molecule has 8 heteroatoms. The van der Waals surface area contributed by atoms with Crippen molar-refractivity contribution in [3.05, 3.63) is 5.01 Å². The Labute approximate surface area is 99.9 Å². The van der Waals surface area contributed by atoms with E-state index >= 15 is 0 Å². The van der Waals surface area contributed by atoms with E-state index in [0.717, 1.165) is 28.6 Å². The molecule has 1 heterocycles. The Morgan fingerprint density at radius 2 is 2.06 bits per heavy atom. The monoisotopic (exact) mass is 264 g/mol. The Balaban J connectivity index is 2.65. The van der Waals surface area contributed by atoms with Gasteiger partial charge >= 0.3 is 10.2 Å². The smallest absolute Gasteiger partial charge is 0.244 e. The van der Waals surface area contributed by atoms with Gasteiger partial charge in [-0.15, -0.1) is 10.2 Å². The highest BCUT2D eigenvalue weighted by atomic mass is 32.2. The maximum absolute atomic E-state index is 11.5. The Morgan fingerprint density at radius 1 is 1.38 bits per heavy atom. The average Bonchev–Trinajstić information content (AvgIpc) is 2.61. The van der Waals surface area contributed by atoms with Crippen LogP contribution in [0.3, 0.4) is 0 Å². The number of nitrogens with zero attached hydrogens (tertiary/aromatic N) is 3.